The molecule has 0 aromatic heterocycles. The Morgan fingerprint density at radius 1 is 0.204 bits per heavy atom. The molecule has 3 nitrogen and oxygen atoms in total. The van der Waals surface area contributed by atoms with Crippen molar-refractivity contribution in [1.29, 1.82) is 0 Å². The fourth-order valence-corrected chi connectivity index (χ4v) is 4.09. The van der Waals surface area contributed by atoms with Crippen LogP contribution in [0.2, 0.25) is 0 Å². The third-order valence-electron chi connectivity index (χ3n) is 3.85. The van der Waals surface area contributed by atoms with Crippen molar-refractivity contribution in [3.8, 4) is 0 Å². The monoisotopic (exact) mass is 1070 g/mol. The summed E-state index contributed by atoms with van der Waals surface area (Å²) in [6.07, 6.45) is -40.4. The second-order valence-electron chi connectivity index (χ2n) is 7.42. The van der Waals surface area contributed by atoms with E-state index in [0.717, 1.165) is 0 Å². The van der Waals surface area contributed by atoms with Gasteiger partial charge in [0.25, 0.3) is 0 Å². The van der Waals surface area contributed by atoms with Crippen LogP contribution in [0.25, 0.3) is 0 Å². The van der Waals surface area contributed by atoms with E-state index in [-0.39, 0.29) is 26.2 Å². The van der Waals surface area contributed by atoms with E-state index in [2.05, 4.69) is 0 Å². The van der Waals surface area contributed by atoms with Crippen LogP contribution in [-0.4, -0.2) is 97.2 Å². The number of hydrogen-bond acceptors (Lipinski definition) is 3. The van der Waals surface area contributed by atoms with Crippen LogP contribution in [0.4, 0.5) is 132 Å². The van der Waals surface area contributed by atoms with Crippen molar-refractivity contribution in [3.05, 3.63) is 0 Å². The van der Waals surface area contributed by atoms with Gasteiger partial charge in [0.2, 0.25) is 23.4 Å². The van der Waals surface area contributed by atoms with Gasteiger partial charge in [-0.25, -0.2) is 0 Å². The van der Waals surface area contributed by atoms with Gasteiger partial charge in [0.15, 0.2) is 0 Å². The number of rotatable bonds is 6. The molecule has 0 N–H and O–H groups in total. The molecule has 0 fully saturated rings. The summed E-state index contributed by atoms with van der Waals surface area (Å²) >= 11 is 0. The molecule has 3 radical (unpaired) electrons. The molecule has 49 heavy (non-hydrogen) atoms. The van der Waals surface area contributed by atoms with Crippen LogP contribution in [0.5, 0.6) is 0 Å². The van der Waals surface area contributed by atoms with Crippen molar-refractivity contribution in [2.75, 3.05) is 0 Å². The van der Waals surface area contributed by atoms with Gasteiger partial charge in [0.05, 0.1) is 0 Å². The first-order chi connectivity index (χ1) is 20.0. The fraction of sp³-hybridized carbons (Fsp3) is 1.00. The molecule has 0 bridgehead atoms. The minimum Gasteiger partial charge on any atom is -0.313 e. The van der Waals surface area contributed by atoms with Crippen LogP contribution in [0, 0.1) is 0 Å². The van der Waals surface area contributed by atoms with E-state index in [1.54, 1.807) is 0 Å². The molecular formula is C12H3BiF30O3P3. The molecule has 0 aromatic carbocycles. The molecule has 0 aliphatic carbocycles. The topological polar surface area (TPSA) is 51.2 Å². The molecule has 0 rings (SSSR count). The van der Waals surface area contributed by atoms with Crippen LogP contribution in [0.1, 0.15) is 0 Å². The largest absolute Gasteiger partial charge is 0.460 e. The smallest absolute Gasteiger partial charge is 0.313 e. The van der Waals surface area contributed by atoms with E-state index in [1.807, 2.05) is 0 Å². The Morgan fingerprint density at radius 3 is 0.306 bits per heavy atom. The second-order valence-corrected chi connectivity index (χ2v) is 13.2. The Morgan fingerprint density at radius 2 is 0.265 bits per heavy atom. The van der Waals surface area contributed by atoms with Gasteiger partial charge in [-0.1, -0.05) is 0 Å². The first-order valence-corrected chi connectivity index (χ1v) is 13.5. The summed E-state index contributed by atoms with van der Waals surface area (Å²) in [5.41, 5.74) is -39.5. The van der Waals surface area contributed by atoms with E-state index in [0.29, 0.717) is 0 Å². The van der Waals surface area contributed by atoms with Gasteiger partial charge in [-0.15, -0.1) is 0 Å². The average Bonchev–Trinajstić information content (AvgIpc) is 2.78. The summed E-state index contributed by atoms with van der Waals surface area (Å²) in [5, 5.41) is 0. The SMILES string of the molecule is O=[PH](C(F)(F)C(F)(F)F)C(F)(F)C(F)(F)F.O=[PH](C(F)(F)C(F)(F)F)C(F)(F)C(F)(F)F.O=[PH](C(F)(F)C(F)(F)F)C(F)(F)C(F)(F)F.[Bi]. The molecule has 0 heterocycles. The van der Waals surface area contributed by atoms with Crippen LogP contribution in [0.3, 0.4) is 0 Å². The summed E-state index contributed by atoms with van der Waals surface area (Å²) in [7, 11) is -19.9. The average molecular weight is 1070 g/mol. The molecule has 0 saturated carbocycles. The number of alkyl halides is 30. The molecule has 0 unspecified atom stereocenters. The Hall–Kier alpha value is -0.527. The fourth-order valence-electron chi connectivity index (χ4n) is 1.36. The Labute approximate surface area is 266 Å². The van der Waals surface area contributed by atoms with Gasteiger partial charge in [0.1, 0.15) is 0 Å². The van der Waals surface area contributed by atoms with Gasteiger partial charge >= 0.3 is 71.0 Å². The maximum Gasteiger partial charge on any atom is 0.460 e. The van der Waals surface area contributed by atoms with Gasteiger partial charge in [-0.3, -0.25) is 0 Å². The van der Waals surface area contributed by atoms with Crippen molar-refractivity contribution in [3.63, 3.8) is 0 Å². The van der Waals surface area contributed by atoms with E-state index in [1.165, 1.54) is 0 Å². The van der Waals surface area contributed by atoms with E-state index in [4.69, 9.17) is 0 Å². The summed E-state index contributed by atoms with van der Waals surface area (Å²) in [6.45, 7) is 0. The van der Waals surface area contributed by atoms with Crippen molar-refractivity contribution in [1.82, 2.24) is 0 Å². The summed E-state index contributed by atoms with van der Waals surface area (Å²) in [4.78, 5) is 0. The van der Waals surface area contributed by atoms with Crippen LogP contribution < -0.4 is 0 Å². The molecule has 0 amide bonds. The van der Waals surface area contributed by atoms with Gasteiger partial charge in [0, 0.05) is 26.2 Å². The van der Waals surface area contributed by atoms with Gasteiger partial charge in [-0.2, -0.15) is 132 Å². The number of halogens is 30. The molecule has 299 valence electrons. The van der Waals surface area contributed by atoms with Crippen molar-refractivity contribution < 1.29 is 145 Å². The van der Waals surface area contributed by atoms with Crippen LogP contribution in [0.15, 0.2) is 0 Å². The van der Waals surface area contributed by atoms with Crippen molar-refractivity contribution in [2.45, 2.75) is 71.0 Å². The van der Waals surface area contributed by atoms with Crippen LogP contribution >= 0.6 is 23.4 Å². The molecular weight excluding hydrogens is 1060 g/mol. The predicted octanol–water partition coefficient (Wildman–Crippen LogP) is 11.2. The Balaban J connectivity index is -0.000000307. The zero-order valence-corrected chi connectivity index (χ0v) is 27.0. The molecule has 0 aliphatic heterocycles. The second kappa shape index (κ2) is 15.8. The maximum absolute atomic E-state index is 12.0. The zero-order valence-electron chi connectivity index (χ0n) is 20.5. The first kappa shape index (κ1) is 55.2. The van der Waals surface area contributed by atoms with Gasteiger partial charge < -0.3 is 13.7 Å². The number of hydrogen-bond donors (Lipinski definition) is 0. The molecule has 0 aliphatic rings. The van der Waals surface area contributed by atoms with Gasteiger partial charge in [-0.05, 0) is 0 Å². The Kier molecular flexibility index (Phi) is 17.8. The minimum atomic E-state index is -6.74. The predicted molar refractivity (Wildman–Crippen MR) is 98.8 cm³/mol. The van der Waals surface area contributed by atoms with Crippen molar-refractivity contribution in [2.24, 2.45) is 0 Å². The molecule has 0 atom stereocenters. The first-order valence-electron chi connectivity index (χ1n) is 9.28. The third kappa shape index (κ3) is 12.3. The Bertz CT molecular complexity index is 924. The van der Waals surface area contributed by atoms with E-state index in [9.17, 15) is 145 Å². The van der Waals surface area contributed by atoms with E-state index < -0.39 is 94.4 Å². The third-order valence-corrected chi connectivity index (χ3v) is 8.97. The standard InChI is InChI=1S/3C4HF10OP.Bi/c3*5-1(6,7)3(11,12)16(15)4(13,14)2(8,9)10;/h3*16H;. The minimum absolute atomic E-state index is 0. The maximum atomic E-state index is 12.0. The molecule has 0 aromatic rings. The summed E-state index contributed by atoms with van der Waals surface area (Å²) in [5.74, 6) is 0. The summed E-state index contributed by atoms with van der Waals surface area (Å²) < 4.78 is 379. The van der Waals surface area contributed by atoms with Crippen molar-refractivity contribution >= 4 is 49.6 Å². The summed E-state index contributed by atoms with van der Waals surface area (Å²) in [6, 6.07) is 0. The molecule has 37 heteroatoms. The van der Waals surface area contributed by atoms with E-state index >= 15 is 0 Å². The van der Waals surface area contributed by atoms with Crippen LogP contribution in [-0.2, 0) is 13.7 Å². The normalized spacial score (nSPS) is 15.4. The molecule has 0 spiro atoms. The zero-order chi connectivity index (χ0) is 40.7. The quantitative estimate of drug-likeness (QED) is 0.151. The molecule has 0 saturated heterocycles.